The first-order valence-corrected chi connectivity index (χ1v) is 10.7. The highest BCUT2D eigenvalue weighted by Gasteiger charge is 2.64. The number of hydrogen-bond donors (Lipinski definition) is 0. The van der Waals surface area contributed by atoms with Crippen molar-refractivity contribution in [3.63, 3.8) is 0 Å². The predicted octanol–water partition coefficient (Wildman–Crippen LogP) is 5.54. The minimum absolute atomic E-state index is 0.0481. The Morgan fingerprint density at radius 2 is 1.11 bits per heavy atom. The maximum Gasteiger partial charge on any atom is 0.162 e. The number of rotatable bonds is 6. The monoisotopic (exact) mass is 382 g/mol. The Balaban J connectivity index is 1.88. The van der Waals surface area contributed by atoms with E-state index in [-0.39, 0.29) is 40.0 Å². The van der Waals surface area contributed by atoms with E-state index in [4.69, 9.17) is 18.9 Å². The van der Waals surface area contributed by atoms with E-state index in [1.807, 2.05) is 0 Å². The Kier molecular flexibility index (Phi) is 5.33. The van der Waals surface area contributed by atoms with Crippen LogP contribution in [-0.4, -0.2) is 38.0 Å². The van der Waals surface area contributed by atoms with Crippen molar-refractivity contribution in [3.8, 4) is 0 Å². The zero-order chi connectivity index (χ0) is 20.3. The Bertz CT molecular complexity index is 504. The smallest absolute Gasteiger partial charge is 0.162 e. The second-order valence-corrected chi connectivity index (χ2v) is 12.3. The summed E-state index contributed by atoms with van der Waals surface area (Å²) in [7, 11) is 3.54. The molecule has 0 amide bonds. The SMILES string of the molecule is COC(OC12CC3CC(C)(C1)CC(OC(OC)C(C)(C)C)(C3)C2)C(C)(C)C. The van der Waals surface area contributed by atoms with E-state index < -0.39 is 0 Å². The van der Waals surface area contributed by atoms with Gasteiger partial charge in [0, 0.05) is 31.5 Å². The highest BCUT2D eigenvalue weighted by molar-refractivity contribution is 5.15. The summed E-state index contributed by atoms with van der Waals surface area (Å²) in [5.74, 6) is 0.668. The van der Waals surface area contributed by atoms with E-state index in [0.29, 0.717) is 5.92 Å². The van der Waals surface area contributed by atoms with Crippen LogP contribution < -0.4 is 0 Å². The number of hydrogen-bond acceptors (Lipinski definition) is 4. The molecule has 0 spiro atoms. The zero-order valence-corrected chi connectivity index (χ0v) is 19.1. The van der Waals surface area contributed by atoms with Gasteiger partial charge in [0.05, 0.1) is 11.2 Å². The Hall–Kier alpha value is -0.160. The summed E-state index contributed by atoms with van der Waals surface area (Å²) >= 11 is 0. The number of ether oxygens (including phenoxy) is 4. The molecular weight excluding hydrogens is 340 g/mol. The van der Waals surface area contributed by atoms with Gasteiger partial charge in [-0.05, 0) is 43.4 Å². The molecule has 4 bridgehead atoms. The summed E-state index contributed by atoms with van der Waals surface area (Å²) in [6.45, 7) is 15.6. The summed E-state index contributed by atoms with van der Waals surface area (Å²) in [6, 6.07) is 0. The maximum absolute atomic E-state index is 6.81. The van der Waals surface area contributed by atoms with Crippen LogP contribution in [0.1, 0.15) is 87.0 Å². The highest BCUT2D eigenvalue weighted by Crippen LogP contribution is 2.66. The quantitative estimate of drug-likeness (QED) is 0.565. The minimum atomic E-state index is -0.199. The minimum Gasteiger partial charge on any atom is -0.355 e. The van der Waals surface area contributed by atoms with E-state index in [2.05, 4.69) is 48.5 Å². The maximum atomic E-state index is 6.81. The molecule has 4 nitrogen and oxygen atoms in total. The van der Waals surface area contributed by atoms with Crippen molar-refractivity contribution in [2.75, 3.05) is 14.2 Å². The van der Waals surface area contributed by atoms with E-state index in [9.17, 15) is 0 Å². The molecule has 4 rings (SSSR count). The average Bonchev–Trinajstić information content (AvgIpc) is 2.45. The largest absolute Gasteiger partial charge is 0.355 e. The molecule has 158 valence electrons. The fourth-order valence-electron chi connectivity index (χ4n) is 6.60. The van der Waals surface area contributed by atoms with Crippen molar-refractivity contribution in [3.05, 3.63) is 0 Å². The first-order chi connectivity index (χ1) is 12.2. The number of methoxy groups -OCH3 is 2. The van der Waals surface area contributed by atoms with Crippen molar-refractivity contribution in [2.45, 2.75) is 111 Å². The van der Waals surface area contributed by atoms with Gasteiger partial charge in [0.2, 0.25) is 0 Å². The molecule has 0 saturated heterocycles. The predicted molar refractivity (Wildman–Crippen MR) is 107 cm³/mol. The lowest BCUT2D eigenvalue weighted by Gasteiger charge is -2.66. The molecule has 4 aliphatic carbocycles. The van der Waals surface area contributed by atoms with Gasteiger partial charge in [-0.15, -0.1) is 0 Å². The third-order valence-corrected chi connectivity index (χ3v) is 6.80. The highest BCUT2D eigenvalue weighted by atomic mass is 16.7. The van der Waals surface area contributed by atoms with Crippen molar-refractivity contribution >= 4 is 0 Å². The fraction of sp³-hybridized carbons (Fsp3) is 1.00. The summed E-state index contributed by atoms with van der Waals surface area (Å²) in [5.41, 5.74) is -0.0939. The standard InChI is InChI=1S/C23H42O4/c1-19(2,3)17(24-8)26-22-11-16-10-21(7,13-22)14-23(12-16,15-22)27-18(25-9)20(4,5)6/h16-18H,10-15H2,1-9H3. The van der Waals surface area contributed by atoms with Gasteiger partial charge in [0.1, 0.15) is 0 Å². The average molecular weight is 383 g/mol. The van der Waals surface area contributed by atoms with Crippen molar-refractivity contribution in [1.29, 1.82) is 0 Å². The van der Waals surface area contributed by atoms with E-state index in [0.717, 1.165) is 32.1 Å². The van der Waals surface area contributed by atoms with Crippen LogP contribution in [0.15, 0.2) is 0 Å². The molecule has 4 heteroatoms. The van der Waals surface area contributed by atoms with Crippen LogP contribution in [0.25, 0.3) is 0 Å². The third-order valence-electron chi connectivity index (χ3n) is 6.80. The molecule has 0 N–H and O–H groups in total. The summed E-state index contributed by atoms with van der Waals surface area (Å²) in [4.78, 5) is 0. The molecule has 4 unspecified atom stereocenters. The second kappa shape index (κ2) is 6.68. The zero-order valence-electron chi connectivity index (χ0n) is 19.1. The van der Waals surface area contributed by atoms with Crippen LogP contribution in [0.3, 0.4) is 0 Å². The van der Waals surface area contributed by atoms with Crippen molar-refractivity contribution in [1.82, 2.24) is 0 Å². The molecule has 4 saturated carbocycles. The Morgan fingerprint density at radius 3 is 1.41 bits per heavy atom. The van der Waals surface area contributed by atoms with Gasteiger partial charge in [-0.3, -0.25) is 0 Å². The van der Waals surface area contributed by atoms with Crippen LogP contribution in [-0.2, 0) is 18.9 Å². The normalized spacial score (nSPS) is 41.0. The lowest BCUT2D eigenvalue weighted by Crippen LogP contribution is -2.66. The molecule has 4 atom stereocenters. The van der Waals surface area contributed by atoms with Crippen LogP contribution in [0.2, 0.25) is 0 Å². The fourth-order valence-corrected chi connectivity index (χ4v) is 6.60. The van der Waals surface area contributed by atoms with Gasteiger partial charge in [-0.25, -0.2) is 0 Å². The summed E-state index contributed by atoms with van der Waals surface area (Å²) in [6.07, 6.45) is 6.36. The van der Waals surface area contributed by atoms with Gasteiger partial charge in [-0.1, -0.05) is 48.5 Å². The molecule has 4 fully saturated rings. The van der Waals surface area contributed by atoms with E-state index in [1.54, 1.807) is 14.2 Å². The van der Waals surface area contributed by atoms with Crippen molar-refractivity contribution < 1.29 is 18.9 Å². The molecule has 0 radical (unpaired) electrons. The molecule has 4 aliphatic rings. The van der Waals surface area contributed by atoms with Gasteiger partial charge in [0.15, 0.2) is 12.6 Å². The van der Waals surface area contributed by atoms with Crippen LogP contribution in [0.4, 0.5) is 0 Å². The lowest BCUT2D eigenvalue weighted by molar-refractivity contribution is -0.342. The molecule has 27 heavy (non-hydrogen) atoms. The van der Waals surface area contributed by atoms with E-state index in [1.165, 1.54) is 6.42 Å². The molecule has 0 heterocycles. The Labute approximate surface area is 166 Å². The topological polar surface area (TPSA) is 36.9 Å². The molecular formula is C23H42O4. The van der Waals surface area contributed by atoms with Crippen LogP contribution in [0.5, 0.6) is 0 Å². The molecule has 0 aliphatic heterocycles. The van der Waals surface area contributed by atoms with Crippen LogP contribution >= 0.6 is 0 Å². The molecule has 0 aromatic heterocycles. The molecule has 0 aromatic carbocycles. The van der Waals surface area contributed by atoms with Gasteiger partial charge >= 0.3 is 0 Å². The van der Waals surface area contributed by atoms with Gasteiger partial charge in [-0.2, -0.15) is 0 Å². The second-order valence-electron chi connectivity index (χ2n) is 12.3. The lowest BCUT2D eigenvalue weighted by atomic mass is 9.46. The Morgan fingerprint density at radius 1 is 0.704 bits per heavy atom. The van der Waals surface area contributed by atoms with Crippen molar-refractivity contribution in [2.24, 2.45) is 22.2 Å². The van der Waals surface area contributed by atoms with E-state index >= 15 is 0 Å². The van der Waals surface area contributed by atoms with Crippen LogP contribution in [0, 0.1) is 22.2 Å². The first kappa shape index (κ1) is 21.5. The van der Waals surface area contributed by atoms with Gasteiger partial charge in [0.25, 0.3) is 0 Å². The third kappa shape index (κ3) is 4.24. The molecule has 0 aromatic rings. The van der Waals surface area contributed by atoms with Gasteiger partial charge < -0.3 is 18.9 Å². The first-order valence-electron chi connectivity index (χ1n) is 10.7. The summed E-state index contributed by atoms with van der Waals surface area (Å²) in [5, 5.41) is 0. The summed E-state index contributed by atoms with van der Waals surface area (Å²) < 4.78 is 25.2.